The normalized spacial score (nSPS) is 13.7. The van der Waals surface area contributed by atoms with Gasteiger partial charge in [0.1, 0.15) is 0 Å². The predicted molar refractivity (Wildman–Crippen MR) is 105 cm³/mol. The lowest BCUT2D eigenvalue weighted by molar-refractivity contribution is 0.578. The molecule has 0 aliphatic heterocycles. The minimum absolute atomic E-state index is 0.397. The SMILES string of the molecule is CC(C)c1cnn(Cc2ccnc(C(C)CC(C)c3cccnc3)c2)c1. The van der Waals surface area contributed by atoms with Crippen molar-refractivity contribution in [2.24, 2.45) is 0 Å². The Labute approximate surface area is 156 Å². The molecule has 0 bridgehead atoms. The van der Waals surface area contributed by atoms with Crippen molar-refractivity contribution < 1.29 is 0 Å². The molecule has 0 saturated carbocycles. The third-order valence-electron chi connectivity index (χ3n) is 4.98. The van der Waals surface area contributed by atoms with Gasteiger partial charge in [-0.1, -0.05) is 33.8 Å². The summed E-state index contributed by atoms with van der Waals surface area (Å²) in [6.45, 7) is 9.68. The Balaban J connectivity index is 1.67. The Hall–Kier alpha value is -2.49. The molecule has 4 heteroatoms. The van der Waals surface area contributed by atoms with E-state index in [1.165, 1.54) is 16.7 Å². The van der Waals surface area contributed by atoms with Gasteiger partial charge in [-0.2, -0.15) is 5.10 Å². The van der Waals surface area contributed by atoms with E-state index in [0.717, 1.165) is 18.7 Å². The highest BCUT2D eigenvalue weighted by Gasteiger charge is 2.14. The van der Waals surface area contributed by atoms with Gasteiger partial charge in [0, 0.05) is 30.5 Å². The standard InChI is InChI=1S/C22H28N4/c1-16(2)21-13-25-26(15-21)14-19-7-9-24-22(11-19)18(4)10-17(3)20-6-5-8-23-12-20/h5-9,11-13,15-18H,10,14H2,1-4H3. The molecule has 0 aliphatic rings. The Morgan fingerprint density at radius 1 is 0.962 bits per heavy atom. The lowest BCUT2D eigenvalue weighted by atomic mass is 9.90. The molecule has 0 spiro atoms. The molecule has 2 unspecified atom stereocenters. The molecule has 0 amide bonds. The molecule has 0 aromatic carbocycles. The van der Waals surface area contributed by atoms with Crippen molar-refractivity contribution in [1.29, 1.82) is 0 Å². The summed E-state index contributed by atoms with van der Waals surface area (Å²) in [6.07, 6.45) is 10.9. The van der Waals surface area contributed by atoms with Crippen molar-refractivity contribution in [3.05, 3.63) is 77.6 Å². The average molecular weight is 348 g/mol. The van der Waals surface area contributed by atoms with Gasteiger partial charge >= 0.3 is 0 Å². The number of pyridine rings is 2. The molecular formula is C22H28N4. The van der Waals surface area contributed by atoms with E-state index in [4.69, 9.17) is 0 Å². The van der Waals surface area contributed by atoms with Crippen molar-refractivity contribution in [1.82, 2.24) is 19.7 Å². The summed E-state index contributed by atoms with van der Waals surface area (Å²) >= 11 is 0. The Morgan fingerprint density at radius 2 is 1.81 bits per heavy atom. The molecule has 136 valence electrons. The van der Waals surface area contributed by atoms with Gasteiger partial charge in [0.25, 0.3) is 0 Å². The van der Waals surface area contributed by atoms with Crippen LogP contribution in [0.3, 0.4) is 0 Å². The summed E-state index contributed by atoms with van der Waals surface area (Å²) in [5.74, 6) is 1.36. The number of hydrogen-bond acceptors (Lipinski definition) is 3. The zero-order chi connectivity index (χ0) is 18.5. The lowest BCUT2D eigenvalue weighted by Crippen LogP contribution is -2.06. The maximum atomic E-state index is 4.62. The van der Waals surface area contributed by atoms with E-state index in [1.54, 1.807) is 0 Å². The van der Waals surface area contributed by atoms with Crippen LogP contribution < -0.4 is 0 Å². The van der Waals surface area contributed by atoms with E-state index in [2.05, 4.69) is 67.2 Å². The van der Waals surface area contributed by atoms with Crippen molar-refractivity contribution in [2.45, 2.75) is 58.4 Å². The largest absolute Gasteiger partial charge is 0.268 e. The number of hydrogen-bond donors (Lipinski definition) is 0. The first-order valence-electron chi connectivity index (χ1n) is 9.40. The topological polar surface area (TPSA) is 43.6 Å². The highest BCUT2D eigenvalue weighted by atomic mass is 15.3. The zero-order valence-electron chi connectivity index (χ0n) is 16.1. The maximum Gasteiger partial charge on any atom is 0.0660 e. The average Bonchev–Trinajstić information content (AvgIpc) is 3.11. The van der Waals surface area contributed by atoms with Crippen LogP contribution in [0.5, 0.6) is 0 Å². The fraction of sp³-hybridized carbons (Fsp3) is 0.409. The summed E-state index contributed by atoms with van der Waals surface area (Å²) in [7, 11) is 0. The van der Waals surface area contributed by atoms with Crippen LogP contribution in [0.1, 0.15) is 74.3 Å². The molecule has 3 heterocycles. The molecule has 0 fully saturated rings. The Morgan fingerprint density at radius 3 is 2.50 bits per heavy atom. The molecule has 4 nitrogen and oxygen atoms in total. The van der Waals surface area contributed by atoms with Crippen molar-refractivity contribution in [3.63, 3.8) is 0 Å². The van der Waals surface area contributed by atoms with Crippen LogP contribution >= 0.6 is 0 Å². The van der Waals surface area contributed by atoms with Crippen LogP contribution in [0.25, 0.3) is 0 Å². The van der Waals surface area contributed by atoms with Gasteiger partial charge in [-0.25, -0.2) is 0 Å². The molecule has 3 rings (SSSR count). The van der Waals surface area contributed by atoms with E-state index in [-0.39, 0.29) is 0 Å². The smallest absolute Gasteiger partial charge is 0.0660 e. The molecule has 0 N–H and O–H groups in total. The van der Waals surface area contributed by atoms with Gasteiger partial charge in [0.2, 0.25) is 0 Å². The fourth-order valence-corrected chi connectivity index (χ4v) is 3.27. The van der Waals surface area contributed by atoms with Gasteiger partial charge in [0.15, 0.2) is 0 Å². The van der Waals surface area contributed by atoms with Crippen LogP contribution in [0, 0.1) is 0 Å². The van der Waals surface area contributed by atoms with Crippen LogP contribution in [0.2, 0.25) is 0 Å². The summed E-state index contributed by atoms with van der Waals surface area (Å²) in [4.78, 5) is 8.85. The highest BCUT2D eigenvalue weighted by molar-refractivity contribution is 5.21. The van der Waals surface area contributed by atoms with Crippen molar-refractivity contribution in [2.75, 3.05) is 0 Å². The second-order valence-electron chi connectivity index (χ2n) is 7.54. The molecular weight excluding hydrogens is 320 g/mol. The molecule has 26 heavy (non-hydrogen) atoms. The zero-order valence-corrected chi connectivity index (χ0v) is 16.1. The quantitative estimate of drug-likeness (QED) is 0.593. The molecule has 2 atom stereocenters. The van der Waals surface area contributed by atoms with E-state index in [0.29, 0.717) is 17.8 Å². The predicted octanol–water partition coefficient (Wildman–Crippen LogP) is 5.14. The van der Waals surface area contributed by atoms with E-state index >= 15 is 0 Å². The number of nitrogens with zero attached hydrogens (tertiary/aromatic N) is 4. The van der Waals surface area contributed by atoms with Crippen LogP contribution in [0.15, 0.2) is 55.2 Å². The van der Waals surface area contributed by atoms with E-state index in [1.807, 2.05) is 35.5 Å². The van der Waals surface area contributed by atoms with Gasteiger partial charge in [-0.15, -0.1) is 0 Å². The summed E-state index contributed by atoms with van der Waals surface area (Å²) in [5.41, 5.74) is 4.95. The van der Waals surface area contributed by atoms with Crippen LogP contribution in [-0.4, -0.2) is 19.7 Å². The van der Waals surface area contributed by atoms with Crippen molar-refractivity contribution >= 4 is 0 Å². The van der Waals surface area contributed by atoms with Crippen LogP contribution in [-0.2, 0) is 6.54 Å². The van der Waals surface area contributed by atoms with Gasteiger partial charge in [-0.3, -0.25) is 14.6 Å². The third-order valence-corrected chi connectivity index (χ3v) is 4.98. The Bertz CT molecular complexity index is 823. The first-order valence-corrected chi connectivity index (χ1v) is 9.40. The highest BCUT2D eigenvalue weighted by Crippen LogP contribution is 2.28. The fourth-order valence-electron chi connectivity index (χ4n) is 3.27. The minimum atomic E-state index is 0.397. The first kappa shape index (κ1) is 18.3. The molecule has 0 radical (unpaired) electrons. The van der Waals surface area contributed by atoms with Gasteiger partial charge < -0.3 is 0 Å². The molecule has 0 aliphatic carbocycles. The Kier molecular flexibility index (Phi) is 5.82. The molecule has 3 aromatic heterocycles. The summed E-state index contributed by atoms with van der Waals surface area (Å²) in [5, 5.41) is 4.48. The lowest BCUT2D eigenvalue weighted by Gasteiger charge is -2.17. The maximum absolute atomic E-state index is 4.62. The van der Waals surface area contributed by atoms with Gasteiger partial charge in [0.05, 0.1) is 12.7 Å². The second-order valence-corrected chi connectivity index (χ2v) is 7.54. The van der Waals surface area contributed by atoms with Crippen LogP contribution in [0.4, 0.5) is 0 Å². The first-order chi connectivity index (χ1) is 12.5. The number of aromatic nitrogens is 4. The van der Waals surface area contributed by atoms with Crippen molar-refractivity contribution in [3.8, 4) is 0 Å². The van der Waals surface area contributed by atoms with Gasteiger partial charge in [-0.05, 0) is 59.1 Å². The third kappa shape index (κ3) is 4.57. The monoisotopic (exact) mass is 348 g/mol. The minimum Gasteiger partial charge on any atom is -0.268 e. The van der Waals surface area contributed by atoms with E-state index in [9.17, 15) is 0 Å². The summed E-state index contributed by atoms with van der Waals surface area (Å²) < 4.78 is 2.01. The summed E-state index contributed by atoms with van der Waals surface area (Å²) in [6, 6.07) is 8.46. The van der Waals surface area contributed by atoms with E-state index < -0.39 is 0 Å². The number of rotatable bonds is 7. The molecule has 0 saturated heterocycles. The molecule has 3 aromatic rings. The second kappa shape index (κ2) is 8.26.